The summed E-state index contributed by atoms with van der Waals surface area (Å²) in [6.45, 7) is 2.43. The van der Waals surface area contributed by atoms with Crippen molar-refractivity contribution in [2.24, 2.45) is 16.5 Å². The van der Waals surface area contributed by atoms with Crippen LogP contribution < -0.4 is 27.4 Å². The fourth-order valence-corrected chi connectivity index (χ4v) is 4.52. The molecule has 0 radical (unpaired) electrons. The Kier molecular flexibility index (Phi) is 6.41. The first-order chi connectivity index (χ1) is 15.5. The van der Waals surface area contributed by atoms with Crippen molar-refractivity contribution >= 4 is 28.9 Å². The Morgan fingerprint density at radius 3 is 2.81 bits per heavy atom. The van der Waals surface area contributed by atoms with E-state index in [0.717, 1.165) is 48.1 Å². The quantitative estimate of drug-likeness (QED) is 0.445. The third kappa shape index (κ3) is 4.31. The highest BCUT2D eigenvalue weighted by atomic mass is 16.1. The van der Waals surface area contributed by atoms with Crippen molar-refractivity contribution in [1.29, 1.82) is 0 Å². The van der Waals surface area contributed by atoms with Crippen LogP contribution >= 0.6 is 0 Å². The van der Waals surface area contributed by atoms with Crippen molar-refractivity contribution < 1.29 is 4.79 Å². The van der Waals surface area contributed by atoms with E-state index in [1.807, 2.05) is 31.2 Å². The topological polar surface area (TPSA) is 130 Å². The number of anilines is 3. The van der Waals surface area contributed by atoms with Crippen LogP contribution in [-0.4, -0.2) is 35.7 Å². The largest absolute Gasteiger partial charge is 0.405 e. The molecule has 7 N–H and O–H groups in total. The molecular formula is C24H31N7O. The third-order valence-electron chi connectivity index (χ3n) is 6.13. The first-order valence-corrected chi connectivity index (χ1v) is 11.1. The first kappa shape index (κ1) is 21.8. The number of rotatable bonds is 6. The van der Waals surface area contributed by atoms with Crippen molar-refractivity contribution in [2.45, 2.75) is 51.2 Å². The Bertz CT molecular complexity index is 1080. The Hall–Kier alpha value is -3.39. The number of fused-ring (bicyclic) bond motifs is 1. The molecule has 1 aliphatic carbocycles. The molecule has 168 valence electrons. The maximum absolute atomic E-state index is 12.8. The number of nitrogens with two attached hydrogens (primary N) is 2. The summed E-state index contributed by atoms with van der Waals surface area (Å²) in [6.07, 6.45) is 7.40. The molecule has 2 atom stereocenters. The van der Waals surface area contributed by atoms with Gasteiger partial charge in [0, 0.05) is 42.5 Å². The molecular weight excluding hydrogens is 402 g/mol. The molecule has 1 saturated carbocycles. The molecule has 0 bridgehead atoms. The number of nitrogens with zero attached hydrogens (tertiary/aromatic N) is 2. The molecule has 8 nitrogen and oxygen atoms in total. The fraction of sp³-hybridized carbons (Fsp3) is 0.375. The number of amides is 1. The molecule has 1 aliphatic heterocycles. The van der Waals surface area contributed by atoms with Crippen LogP contribution in [-0.2, 0) is 6.54 Å². The highest BCUT2D eigenvalue weighted by molar-refractivity contribution is 6.16. The van der Waals surface area contributed by atoms with E-state index in [0.29, 0.717) is 29.5 Å². The summed E-state index contributed by atoms with van der Waals surface area (Å²) in [7, 11) is 1.71. The second-order valence-corrected chi connectivity index (χ2v) is 8.38. The van der Waals surface area contributed by atoms with Crippen LogP contribution in [0.2, 0.25) is 0 Å². The standard InChI is InChI=1S/C24H31N7O/c1-14-6-5-7-15(12-14)29-23-21-16(13-28-24(21)32)20(19(27-2)10-11-25)22(31-23)30-18-9-4-3-8-17(18)26/h5-7,10-12,17-18H,3-4,8-9,13,25-26H2,1-2H3,(H,28,32)(H2,29,30,31). The molecule has 2 aliphatic rings. The number of allylic oxidation sites excluding steroid dienone is 1. The Morgan fingerprint density at radius 1 is 1.28 bits per heavy atom. The van der Waals surface area contributed by atoms with Gasteiger partial charge >= 0.3 is 0 Å². The minimum atomic E-state index is -0.156. The molecule has 1 aromatic heterocycles. The van der Waals surface area contributed by atoms with Crippen LogP contribution in [0.25, 0.3) is 0 Å². The minimum absolute atomic E-state index is 0.0478. The van der Waals surface area contributed by atoms with Crippen LogP contribution in [0.5, 0.6) is 0 Å². The van der Waals surface area contributed by atoms with Gasteiger partial charge in [-0.15, -0.1) is 0 Å². The summed E-state index contributed by atoms with van der Waals surface area (Å²) in [6, 6.07) is 8.13. The Labute approximate surface area is 188 Å². The van der Waals surface area contributed by atoms with Crippen molar-refractivity contribution in [2.75, 3.05) is 17.7 Å². The number of hydrogen-bond donors (Lipinski definition) is 5. The van der Waals surface area contributed by atoms with Crippen LogP contribution in [0, 0.1) is 6.92 Å². The van der Waals surface area contributed by atoms with Gasteiger partial charge in [-0.3, -0.25) is 9.79 Å². The van der Waals surface area contributed by atoms with Gasteiger partial charge in [-0.2, -0.15) is 0 Å². The van der Waals surface area contributed by atoms with Crippen LogP contribution in [0.15, 0.2) is 41.5 Å². The van der Waals surface area contributed by atoms with Crippen molar-refractivity contribution in [3.05, 3.63) is 58.8 Å². The average molecular weight is 434 g/mol. The SMILES string of the molecule is CN=C(C=CN)c1c(NC2CCCCC2N)nc(Nc2cccc(C)c2)c2c1CNC2=O. The fourth-order valence-electron chi connectivity index (χ4n) is 4.52. The number of aromatic nitrogens is 1. The van der Waals surface area contributed by atoms with Gasteiger partial charge in [-0.05, 0) is 49.7 Å². The lowest BCUT2D eigenvalue weighted by atomic mass is 9.90. The summed E-state index contributed by atoms with van der Waals surface area (Å²) in [5, 5.41) is 9.88. The number of pyridine rings is 1. The van der Waals surface area contributed by atoms with Gasteiger partial charge in [0.2, 0.25) is 0 Å². The van der Waals surface area contributed by atoms with E-state index in [1.165, 1.54) is 6.20 Å². The van der Waals surface area contributed by atoms with E-state index in [2.05, 4.69) is 20.9 Å². The molecule has 2 unspecified atom stereocenters. The van der Waals surface area contributed by atoms with E-state index in [4.69, 9.17) is 16.5 Å². The van der Waals surface area contributed by atoms with Crippen molar-refractivity contribution in [1.82, 2.24) is 10.3 Å². The predicted molar refractivity (Wildman–Crippen MR) is 130 cm³/mol. The van der Waals surface area contributed by atoms with Crippen LogP contribution in [0.1, 0.15) is 52.7 Å². The van der Waals surface area contributed by atoms with Gasteiger partial charge < -0.3 is 27.4 Å². The highest BCUT2D eigenvalue weighted by Gasteiger charge is 2.32. The maximum Gasteiger partial charge on any atom is 0.255 e. The molecule has 8 heteroatoms. The first-order valence-electron chi connectivity index (χ1n) is 11.1. The van der Waals surface area contributed by atoms with Crippen LogP contribution in [0.4, 0.5) is 17.3 Å². The molecule has 1 fully saturated rings. The Balaban J connectivity index is 1.86. The van der Waals surface area contributed by atoms with Gasteiger partial charge in [0.1, 0.15) is 11.6 Å². The second-order valence-electron chi connectivity index (χ2n) is 8.38. The monoisotopic (exact) mass is 433 g/mol. The zero-order valence-electron chi connectivity index (χ0n) is 18.6. The summed E-state index contributed by atoms with van der Waals surface area (Å²) < 4.78 is 0. The third-order valence-corrected chi connectivity index (χ3v) is 6.13. The second kappa shape index (κ2) is 9.40. The molecule has 0 saturated heterocycles. The predicted octanol–water partition coefficient (Wildman–Crippen LogP) is 2.95. The smallest absolute Gasteiger partial charge is 0.255 e. The maximum atomic E-state index is 12.8. The average Bonchev–Trinajstić information content (AvgIpc) is 3.16. The molecule has 4 rings (SSSR count). The van der Waals surface area contributed by atoms with E-state index >= 15 is 0 Å². The number of carbonyl (C=O) groups excluding carboxylic acids is 1. The van der Waals surface area contributed by atoms with E-state index in [9.17, 15) is 4.79 Å². The molecule has 2 heterocycles. The van der Waals surface area contributed by atoms with E-state index in [1.54, 1.807) is 13.1 Å². The number of aryl methyl sites for hydroxylation is 1. The zero-order valence-corrected chi connectivity index (χ0v) is 18.6. The molecule has 2 aromatic rings. The number of hydrogen-bond acceptors (Lipinski definition) is 7. The summed E-state index contributed by atoms with van der Waals surface area (Å²) in [4.78, 5) is 22.1. The van der Waals surface area contributed by atoms with Gasteiger partial charge in [-0.1, -0.05) is 25.0 Å². The van der Waals surface area contributed by atoms with Gasteiger partial charge in [-0.25, -0.2) is 4.98 Å². The summed E-state index contributed by atoms with van der Waals surface area (Å²) in [5.74, 6) is 1.02. The summed E-state index contributed by atoms with van der Waals surface area (Å²) >= 11 is 0. The van der Waals surface area contributed by atoms with Crippen molar-refractivity contribution in [3.8, 4) is 0 Å². The van der Waals surface area contributed by atoms with Gasteiger partial charge in [0.25, 0.3) is 5.91 Å². The lowest BCUT2D eigenvalue weighted by Crippen LogP contribution is -2.43. The molecule has 0 spiro atoms. The van der Waals surface area contributed by atoms with E-state index < -0.39 is 0 Å². The molecule has 1 amide bonds. The van der Waals surface area contributed by atoms with Gasteiger partial charge in [0.15, 0.2) is 0 Å². The van der Waals surface area contributed by atoms with E-state index in [-0.39, 0.29) is 18.0 Å². The molecule has 1 aromatic carbocycles. The number of carbonyl (C=O) groups is 1. The normalized spacial score (nSPS) is 20.8. The molecule has 32 heavy (non-hydrogen) atoms. The zero-order chi connectivity index (χ0) is 22.7. The minimum Gasteiger partial charge on any atom is -0.405 e. The number of benzene rings is 1. The van der Waals surface area contributed by atoms with Crippen LogP contribution in [0.3, 0.4) is 0 Å². The van der Waals surface area contributed by atoms with Gasteiger partial charge in [0.05, 0.1) is 11.3 Å². The lowest BCUT2D eigenvalue weighted by Gasteiger charge is -2.31. The Morgan fingerprint density at radius 2 is 2.09 bits per heavy atom. The number of aliphatic imine (C=N–C) groups is 1. The number of nitrogens with one attached hydrogen (secondary N) is 3. The summed E-state index contributed by atoms with van der Waals surface area (Å²) in [5.41, 5.74) is 17.0. The highest BCUT2D eigenvalue weighted by Crippen LogP contribution is 2.34. The lowest BCUT2D eigenvalue weighted by molar-refractivity contribution is 0.0966. The van der Waals surface area contributed by atoms with Crippen molar-refractivity contribution in [3.63, 3.8) is 0 Å².